The predicted octanol–water partition coefficient (Wildman–Crippen LogP) is 1.69. The van der Waals surface area contributed by atoms with Crippen molar-refractivity contribution in [2.24, 2.45) is 23.5 Å². The fourth-order valence-corrected chi connectivity index (χ4v) is 6.08. The normalized spacial score (nSPS) is 12.9. The van der Waals surface area contributed by atoms with Crippen molar-refractivity contribution in [3.05, 3.63) is 29.8 Å². The van der Waals surface area contributed by atoms with Gasteiger partial charge in [-0.25, -0.2) is 4.79 Å². The number of carbonyl (C=O) groups is 7. The first kappa shape index (κ1) is 54.5. The van der Waals surface area contributed by atoms with Crippen LogP contribution in [0.4, 0.5) is 10.5 Å². The van der Waals surface area contributed by atoms with Crippen LogP contribution in [0.1, 0.15) is 78.7 Å². The molecular formula is C40H65N5O15S. The molecule has 7 N–H and O–H groups in total. The van der Waals surface area contributed by atoms with Crippen LogP contribution in [0.2, 0.25) is 0 Å². The molecule has 0 fully saturated rings. The van der Waals surface area contributed by atoms with Crippen LogP contribution in [-0.4, -0.2) is 131 Å². The number of esters is 1. The van der Waals surface area contributed by atoms with E-state index in [9.17, 15) is 46.5 Å². The summed E-state index contributed by atoms with van der Waals surface area (Å²) in [5.41, 5.74) is 6.19. The molecule has 0 bridgehead atoms. The van der Waals surface area contributed by atoms with Gasteiger partial charge in [-0.05, 0) is 49.8 Å². The number of urea groups is 1. The number of anilines is 1. The second kappa shape index (κ2) is 30.5. The average molecular weight is 888 g/mol. The molecule has 1 rings (SSSR count). The van der Waals surface area contributed by atoms with Crippen molar-refractivity contribution in [1.29, 1.82) is 0 Å². The Balaban J connectivity index is 2.76. The molecule has 0 heterocycles. The van der Waals surface area contributed by atoms with Crippen LogP contribution in [0.3, 0.4) is 0 Å². The van der Waals surface area contributed by atoms with Gasteiger partial charge < -0.3 is 50.7 Å². The number of benzene rings is 1. The van der Waals surface area contributed by atoms with E-state index in [1.54, 1.807) is 52.0 Å². The number of primary amides is 1. The second-order valence-corrected chi connectivity index (χ2v) is 16.3. The fraction of sp³-hybridized carbons (Fsp3) is 0.675. The minimum absolute atomic E-state index is 0.0275. The SMILES string of the molecule is CC(=O)CCOCCOCCOCCOCCC(=O)CC[C@@H](CS(=O)(=O)O)C(=O)N[C@H](C(=O)N[C@@H](CCCNC(N)=O)C(=O)Nc1ccc(COC(=O)C(C)C)cc1)C(C)C. The van der Waals surface area contributed by atoms with Crippen molar-refractivity contribution < 1.29 is 70.2 Å². The van der Waals surface area contributed by atoms with Crippen molar-refractivity contribution in [3.8, 4) is 0 Å². The summed E-state index contributed by atoms with van der Waals surface area (Å²) in [5, 5.41) is 10.3. The Bertz CT molecular complexity index is 1640. The van der Waals surface area contributed by atoms with Gasteiger partial charge in [0.05, 0.1) is 70.4 Å². The van der Waals surface area contributed by atoms with E-state index in [1.165, 1.54) is 6.92 Å². The van der Waals surface area contributed by atoms with Crippen molar-refractivity contribution in [1.82, 2.24) is 16.0 Å². The molecule has 0 radical (unpaired) electrons. The van der Waals surface area contributed by atoms with Gasteiger partial charge in [-0.3, -0.25) is 33.3 Å². The summed E-state index contributed by atoms with van der Waals surface area (Å²) in [6, 6.07) is 3.28. The molecule has 20 nitrogen and oxygen atoms in total. The predicted molar refractivity (Wildman–Crippen MR) is 223 cm³/mol. The number of amides is 5. The van der Waals surface area contributed by atoms with Crippen molar-refractivity contribution >= 4 is 57.1 Å². The number of ketones is 2. The third-order valence-corrected chi connectivity index (χ3v) is 9.54. The minimum Gasteiger partial charge on any atom is -0.461 e. The first-order valence-corrected chi connectivity index (χ1v) is 21.9. The number of rotatable bonds is 34. The molecule has 346 valence electrons. The highest BCUT2D eigenvalue weighted by Crippen LogP contribution is 2.16. The highest BCUT2D eigenvalue weighted by molar-refractivity contribution is 7.85. The number of ether oxygens (including phenoxy) is 5. The summed E-state index contributed by atoms with van der Waals surface area (Å²) in [6.07, 6.45) is 0.131. The van der Waals surface area contributed by atoms with Gasteiger partial charge in [0.1, 0.15) is 30.3 Å². The van der Waals surface area contributed by atoms with Crippen LogP contribution in [0.5, 0.6) is 0 Å². The van der Waals surface area contributed by atoms with E-state index in [0.29, 0.717) is 50.7 Å². The van der Waals surface area contributed by atoms with Gasteiger partial charge in [0.25, 0.3) is 10.1 Å². The standard InChI is InChI=1S/C40H65N5O15S/c1-27(2)35(38(50)44-34(7-6-16-42-40(41)52)37(49)43-32-11-8-30(9-12-32)25-60-39(51)28(3)4)45-36(48)31(26-61(53,54)55)10-13-33(47)15-18-57-20-22-59-24-23-58-21-19-56-17-14-29(5)46/h8-9,11-12,27-28,31,34-35H,6-7,10,13-26H2,1-5H3,(H,43,49)(H,44,50)(H,45,48)(H3,41,42,52)(H,53,54,55)/t31-,34-,35-/m0/s1. The van der Waals surface area contributed by atoms with Crippen LogP contribution < -0.4 is 27.0 Å². The van der Waals surface area contributed by atoms with Gasteiger partial charge in [0.15, 0.2) is 0 Å². The Hall–Kier alpha value is -4.54. The summed E-state index contributed by atoms with van der Waals surface area (Å²) in [6.45, 7) is 10.5. The topological polar surface area (TPSA) is 294 Å². The van der Waals surface area contributed by atoms with E-state index in [0.717, 1.165) is 0 Å². The molecule has 0 aliphatic carbocycles. The van der Waals surface area contributed by atoms with Crippen molar-refractivity contribution in [3.63, 3.8) is 0 Å². The van der Waals surface area contributed by atoms with E-state index in [4.69, 9.17) is 29.4 Å². The Morgan fingerprint density at radius 3 is 1.79 bits per heavy atom. The Morgan fingerprint density at radius 1 is 0.721 bits per heavy atom. The maximum atomic E-state index is 13.6. The molecule has 3 atom stereocenters. The molecule has 0 aromatic heterocycles. The largest absolute Gasteiger partial charge is 0.461 e. The molecule has 0 unspecified atom stereocenters. The quantitative estimate of drug-likeness (QED) is 0.0326. The molecule has 1 aromatic rings. The third-order valence-electron chi connectivity index (χ3n) is 8.72. The maximum Gasteiger partial charge on any atom is 0.312 e. The van der Waals surface area contributed by atoms with Crippen LogP contribution in [0, 0.1) is 17.8 Å². The minimum atomic E-state index is -4.68. The summed E-state index contributed by atoms with van der Waals surface area (Å²) in [5.74, 6) is -6.17. The lowest BCUT2D eigenvalue weighted by Crippen LogP contribution is -2.55. The molecular weight excluding hydrogens is 823 g/mol. The number of nitrogens with two attached hydrogens (primary N) is 1. The highest BCUT2D eigenvalue weighted by atomic mass is 32.2. The number of hydrogen-bond acceptors (Lipinski definition) is 14. The molecule has 5 amide bonds. The average Bonchev–Trinajstić information content (AvgIpc) is 3.18. The zero-order chi connectivity index (χ0) is 45.8. The monoisotopic (exact) mass is 887 g/mol. The maximum absolute atomic E-state index is 13.6. The van der Waals surface area contributed by atoms with Crippen LogP contribution in [-0.2, 0) is 69.2 Å². The molecule has 0 saturated heterocycles. The third kappa shape index (κ3) is 27.1. The molecule has 0 spiro atoms. The molecule has 21 heteroatoms. The number of Topliss-reactive ketones (excluding diaryl/α,β-unsaturated/α-hetero) is 2. The van der Waals surface area contributed by atoms with E-state index in [-0.39, 0.29) is 88.5 Å². The van der Waals surface area contributed by atoms with Gasteiger partial charge in [0, 0.05) is 31.5 Å². The van der Waals surface area contributed by atoms with Crippen LogP contribution in [0.15, 0.2) is 24.3 Å². The first-order chi connectivity index (χ1) is 28.8. The van der Waals surface area contributed by atoms with E-state index in [1.807, 2.05) is 0 Å². The molecule has 61 heavy (non-hydrogen) atoms. The Morgan fingerprint density at radius 2 is 1.28 bits per heavy atom. The number of carbonyl (C=O) groups excluding carboxylic acids is 7. The highest BCUT2D eigenvalue weighted by Gasteiger charge is 2.32. The Labute approximate surface area is 358 Å². The van der Waals surface area contributed by atoms with Crippen LogP contribution in [0.25, 0.3) is 0 Å². The van der Waals surface area contributed by atoms with Gasteiger partial charge in [-0.15, -0.1) is 0 Å². The lowest BCUT2D eigenvalue weighted by molar-refractivity contribution is -0.148. The van der Waals surface area contributed by atoms with Gasteiger partial charge in [-0.2, -0.15) is 8.42 Å². The zero-order valence-electron chi connectivity index (χ0n) is 35.9. The van der Waals surface area contributed by atoms with E-state index >= 15 is 0 Å². The molecule has 1 aromatic carbocycles. The summed E-state index contributed by atoms with van der Waals surface area (Å²) < 4.78 is 60.0. The van der Waals surface area contributed by atoms with E-state index < -0.39 is 63.5 Å². The van der Waals surface area contributed by atoms with Gasteiger partial charge in [0.2, 0.25) is 17.7 Å². The summed E-state index contributed by atoms with van der Waals surface area (Å²) in [4.78, 5) is 87.0. The number of nitrogens with one attached hydrogen (secondary N) is 4. The lowest BCUT2D eigenvalue weighted by Gasteiger charge is -2.27. The van der Waals surface area contributed by atoms with Crippen LogP contribution >= 0.6 is 0 Å². The summed E-state index contributed by atoms with van der Waals surface area (Å²) in [7, 11) is -4.68. The number of hydrogen-bond donors (Lipinski definition) is 6. The second-order valence-electron chi connectivity index (χ2n) is 14.8. The molecule has 0 saturated carbocycles. The van der Waals surface area contributed by atoms with Gasteiger partial charge >= 0.3 is 12.0 Å². The zero-order valence-corrected chi connectivity index (χ0v) is 36.7. The molecule has 0 aliphatic rings. The Kier molecular flexibility index (Phi) is 27.2. The van der Waals surface area contributed by atoms with Crippen molar-refractivity contribution in [2.75, 3.05) is 70.5 Å². The summed E-state index contributed by atoms with van der Waals surface area (Å²) >= 11 is 0. The first-order valence-electron chi connectivity index (χ1n) is 20.3. The fourth-order valence-electron chi connectivity index (χ4n) is 5.26. The molecule has 0 aliphatic heterocycles. The van der Waals surface area contributed by atoms with E-state index in [2.05, 4.69) is 21.3 Å². The lowest BCUT2D eigenvalue weighted by atomic mass is 9.98. The smallest absolute Gasteiger partial charge is 0.312 e. The van der Waals surface area contributed by atoms with Gasteiger partial charge in [-0.1, -0.05) is 39.8 Å². The van der Waals surface area contributed by atoms with Crippen molar-refractivity contribution in [2.45, 2.75) is 91.8 Å².